The average Bonchev–Trinajstić information content (AvgIpc) is 2.79. The molecule has 23 heavy (non-hydrogen) atoms. The molecule has 1 aliphatic heterocycles. The summed E-state index contributed by atoms with van der Waals surface area (Å²) >= 11 is 0. The van der Waals surface area contributed by atoms with Crippen molar-refractivity contribution < 1.29 is 17.5 Å². The van der Waals surface area contributed by atoms with Crippen LogP contribution in [0.25, 0.3) is 0 Å². The molecule has 2 aliphatic carbocycles. The van der Waals surface area contributed by atoms with Crippen molar-refractivity contribution in [3.05, 3.63) is 35.1 Å². The lowest BCUT2D eigenvalue weighted by Crippen LogP contribution is -2.53. The third-order valence-corrected chi connectivity index (χ3v) is 6.30. The van der Waals surface area contributed by atoms with Gasteiger partial charge in [0.15, 0.2) is 0 Å². The minimum Gasteiger partial charge on any atom is -0.473 e. The Labute approximate surface area is 139 Å². The molecule has 7 heteroatoms. The first-order chi connectivity index (χ1) is 10.8. The van der Waals surface area contributed by atoms with Gasteiger partial charge in [-0.15, -0.1) is 4.40 Å². The molecule has 0 spiro atoms. The molecule has 1 saturated heterocycles. The number of hydrogen-bond acceptors (Lipinski definition) is 3. The van der Waals surface area contributed by atoms with E-state index in [9.17, 15) is 12.8 Å². The summed E-state index contributed by atoms with van der Waals surface area (Å²) in [5.41, 5.74) is 1.22. The van der Waals surface area contributed by atoms with Gasteiger partial charge in [-0.2, -0.15) is 8.42 Å². The largest absolute Gasteiger partial charge is 0.473 e. The van der Waals surface area contributed by atoms with Crippen LogP contribution in [-0.4, -0.2) is 19.9 Å². The molecule has 3 aliphatic rings. The van der Waals surface area contributed by atoms with Crippen LogP contribution >= 0.6 is 10.7 Å². The van der Waals surface area contributed by atoms with E-state index in [1.54, 1.807) is 6.07 Å². The second-order valence-corrected chi connectivity index (χ2v) is 8.94. The molecule has 1 heterocycles. The Kier molecular flexibility index (Phi) is 3.30. The Morgan fingerprint density at radius 2 is 2.00 bits per heavy atom. The van der Waals surface area contributed by atoms with Crippen LogP contribution in [0.5, 0.6) is 0 Å². The van der Waals surface area contributed by atoms with Crippen molar-refractivity contribution in [3.63, 3.8) is 0 Å². The van der Waals surface area contributed by atoms with Crippen molar-refractivity contribution in [1.29, 1.82) is 0 Å². The molecule has 1 aromatic carbocycles. The van der Waals surface area contributed by atoms with Crippen LogP contribution < -0.4 is 0 Å². The summed E-state index contributed by atoms with van der Waals surface area (Å²) in [4.78, 5) is 0. The van der Waals surface area contributed by atoms with Gasteiger partial charge in [-0.05, 0) is 55.4 Å². The maximum atomic E-state index is 13.9. The van der Waals surface area contributed by atoms with E-state index >= 15 is 0 Å². The number of benzene rings is 1. The van der Waals surface area contributed by atoms with Crippen molar-refractivity contribution >= 4 is 25.8 Å². The molecule has 4 rings (SSSR count). The minimum absolute atomic E-state index is 0.166. The standard InChI is InChI=1S/C16H17ClFNO3S/c17-23(20,21)19-14-10-15-6-1-2-7-16(15,22-14)8-5-11-3-4-12(18)9-13(11)15/h3-4,9H,1-2,5-8,10H2/b19-14-. The van der Waals surface area contributed by atoms with Gasteiger partial charge in [0.05, 0.1) is 0 Å². The second kappa shape index (κ2) is 4.93. The molecule has 1 saturated carbocycles. The van der Waals surface area contributed by atoms with Gasteiger partial charge in [0.2, 0.25) is 5.90 Å². The molecule has 2 atom stereocenters. The van der Waals surface area contributed by atoms with E-state index in [-0.39, 0.29) is 17.1 Å². The molecule has 2 unspecified atom stereocenters. The van der Waals surface area contributed by atoms with Crippen LogP contribution in [0.15, 0.2) is 22.6 Å². The van der Waals surface area contributed by atoms with Crippen LogP contribution in [0.4, 0.5) is 4.39 Å². The number of aryl methyl sites for hydroxylation is 1. The number of nitrogens with zero attached hydrogens (tertiary/aromatic N) is 1. The molecule has 0 N–H and O–H groups in total. The monoisotopic (exact) mass is 357 g/mol. The van der Waals surface area contributed by atoms with Crippen LogP contribution in [0.2, 0.25) is 0 Å². The first kappa shape index (κ1) is 15.4. The van der Waals surface area contributed by atoms with Crippen LogP contribution in [0.1, 0.15) is 49.7 Å². The fourth-order valence-electron chi connectivity index (χ4n) is 4.83. The van der Waals surface area contributed by atoms with Crippen LogP contribution in [0, 0.1) is 5.82 Å². The maximum Gasteiger partial charge on any atom is 0.342 e. The number of hydrogen-bond donors (Lipinski definition) is 0. The Bertz CT molecular complexity index is 810. The van der Waals surface area contributed by atoms with E-state index in [4.69, 9.17) is 15.4 Å². The minimum atomic E-state index is -4.02. The number of ether oxygens (including phenoxy) is 1. The summed E-state index contributed by atoms with van der Waals surface area (Å²) in [6, 6.07) is 4.92. The van der Waals surface area contributed by atoms with Crippen molar-refractivity contribution in [2.24, 2.45) is 4.40 Å². The Balaban J connectivity index is 1.90. The molecule has 124 valence electrons. The molecule has 0 radical (unpaired) electrons. The fourth-order valence-corrected chi connectivity index (χ4v) is 5.41. The van der Waals surface area contributed by atoms with Gasteiger partial charge in [-0.3, -0.25) is 0 Å². The highest BCUT2D eigenvalue weighted by atomic mass is 35.7. The SMILES string of the molecule is O=S(=O)(Cl)/N=C1/CC23CCCCC2(CCc2ccc(F)cc23)O1. The summed E-state index contributed by atoms with van der Waals surface area (Å²) in [6.45, 7) is 0. The van der Waals surface area contributed by atoms with Crippen LogP contribution in [0.3, 0.4) is 0 Å². The van der Waals surface area contributed by atoms with Gasteiger partial charge in [-0.1, -0.05) is 12.5 Å². The average molecular weight is 358 g/mol. The Morgan fingerprint density at radius 1 is 1.22 bits per heavy atom. The fraction of sp³-hybridized carbons (Fsp3) is 0.562. The zero-order chi connectivity index (χ0) is 16.3. The van der Waals surface area contributed by atoms with Crippen molar-refractivity contribution in [3.8, 4) is 0 Å². The molecule has 0 aromatic heterocycles. The second-order valence-electron chi connectivity index (χ2n) is 6.76. The molecule has 1 aromatic rings. The number of rotatable bonds is 1. The molecule has 0 bridgehead atoms. The van der Waals surface area contributed by atoms with E-state index in [2.05, 4.69) is 4.40 Å². The zero-order valence-corrected chi connectivity index (χ0v) is 14.1. The van der Waals surface area contributed by atoms with E-state index < -0.39 is 14.8 Å². The molecule has 0 amide bonds. The zero-order valence-electron chi connectivity index (χ0n) is 12.5. The first-order valence-electron chi connectivity index (χ1n) is 7.85. The normalized spacial score (nSPS) is 34.4. The number of halogens is 2. The highest BCUT2D eigenvalue weighted by Crippen LogP contribution is 2.60. The molecule has 2 fully saturated rings. The third kappa shape index (κ3) is 2.30. The predicted octanol–water partition coefficient (Wildman–Crippen LogP) is 3.62. The predicted molar refractivity (Wildman–Crippen MR) is 85.5 cm³/mol. The highest BCUT2D eigenvalue weighted by Gasteiger charge is 2.63. The van der Waals surface area contributed by atoms with Gasteiger partial charge in [0, 0.05) is 22.5 Å². The summed E-state index contributed by atoms with van der Waals surface area (Å²) < 4.78 is 46.2. The lowest BCUT2D eigenvalue weighted by Gasteiger charge is -2.51. The van der Waals surface area contributed by atoms with Gasteiger partial charge in [-0.25, -0.2) is 4.39 Å². The van der Waals surface area contributed by atoms with E-state index in [0.717, 1.165) is 49.7 Å². The van der Waals surface area contributed by atoms with Gasteiger partial charge in [0.25, 0.3) is 0 Å². The summed E-state index contributed by atoms with van der Waals surface area (Å²) in [5.74, 6) is -0.103. The lowest BCUT2D eigenvalue weighted by atomic mass is 9.54. The maximum absolute atomic E-state index is 13.9. The topological polar surface area (TPSA) is 55.7 Å². The van der Waals surface area contributed by atoms with Gasteiger partial charge < -0.3 is 4.74 Å². The van der Waals surface area contributed by atoms with E-state index in [0.29, 0.717) is 6.42 Å². The first-order valence-corrected chi connectivity index (χ1v) is 10.1. The van der Waals surface area contributed by atoms with Crippen LogP contribution in [-0.2, 0) is 25.8 Å². The van der Waals surface area contributed by atoms with E-state index in [1.807, 2.05) is 6.07 Å². The van der Waals surface area contributed by atoms with Crippen molar-refractivity contribution in [1.82, 2.24) is 0 Å². The van der Waals surface area contributed by atoms with Crippen molar-refractivity contribution in [2.75, 3.05) is 0 Å². The molecular formula is C16H17ClFNO3S. The third-order valence-electron chi connectivity index (χ3n) is 5.67. The lowest BCUT2D eigenvalue weighted by molar-refractivity contribution is -0.0325. The Morgan fingerprint density at radius 3 is 2.78 bits per heavy atom. The van der Waals surface area contributed by atoms with Gasteiger partial charge >= 0.3 is 9.24 Å². The van der Waals surface area contributed by atoms with Gasteiger partial charge in [0.1, 0.15) is 11.4 Å². The smallest absolute Gasteiger partial charge is 0.342 e. The summed E-state index contributed by atoms with van der Waals surface area (Å²) in [5, 5.41) is 0. The molecule has 4 nitrogen and oxygen atoms in total. The van der Waals surface area contributed by atoms with Crippen molar-refractivity contribution in [2.45, 2.75) is 56.0 Å². The molecular weight excluding hydrogens is 341 g/mol. The quantitative estimate of drug-likeness (QED) is 0.721. The Hall–Kier alpha value is -1.14. The summed E-state index contributed by atoms with van der Waals surface area (Å²) in [7, 11) is 1.25. The highest BCUT2D eigenvalue weighted by molar-refractivity contribution is 8.12. The number of fused-ring (bicyclic) bond motifs is 1. The van der Waals surface area contributed by atoms with E-state index in [1.165, 1.54) is 6.07 Å². The summed E-state index contributed by atoms with van der Waals surface area (Å²) in [6.07, 6.45) is 5.70.